The van der Waals surface area contributed by atoms with Crippen LogP contribution in [0.25, 0.3) is 0 Å². The van der Waals surface area contributed by atoms with E-state index in [4.69, 9.17) is 10.4 Å². The molecule has 0 bridgehead atoms. The molecule has 1 aromatic rings. The molecule has 0 heterocycles. The third-order valence-corrected chi connectivity index (χ3v) is 2.23. The molecule has 1 atom stereocenters. The predicted molar refractivity (Wildman–Crippen MR) is 59.3 cm³/mol. The molecule has 0 amide bonds. The zero-order chi connectivity index (χ0) is 11.3. The minimum Gasteiger partial charge on any atom is -0.392 e. The van der Waals surface area contributed by atoms with Crippen molar-refractivity contribution >= 4 is 0 Å². The fourth-order valence-electron chi connectivity index (χ4n) is 1.38. The Morgan fingerprint density at radius 2 is 2.27 bits per heavy atom. The summed E-state index contributed by atoms with van der Waals surface area (Å²) < 4.78 is 0. The molecule has 0 aromatic heterocycles. The molecule has 0 aliphatic carbocycles. The number of rotatable bonds is 4. The van der Waals surface area contributed by atoms with E-state index in [1.54, 1.807) is 6.92 Å². The molecule has 15 heavy (non-hydrogen) atoms. The van der Waals surface area contributed by atoms with Crippen LogP contribution >= 0.6 is 0 Å². The predicted octanol–water partition coefficient (Wildman–Crippen LogP) is 1.34. The Morgan fingerprint density at radius 1 is 1.53 bits per heavy atom. The quantitative estimate of drug-likeness (QED) is 0.778. The van der Waals surface area contributed by atoms with E-state index in [1.807, 2.05) is 25.1 Å². The second kappa shape index (κ2) is 5.50. The number of nitriles is 1. The minimum absolute atomic E-state index is 0.330. The van der Waals surface area contributed by atoms with Crippen LogP contribution in [0, 0.1) is 18.3 Å². The Bertz CT molecular complexity index is 366. The summed E-state index contributed by atoms with van der Waals surface area (Å²) in [5.74, 6) is 0. The second-order valence-corrected chi connectivity index (χ2v) is 3.73. The number of nitrogens with one attached hydrogen (secondary N) is 1. The molecule has 0 spiro atoms. The van der Waals surface area contributed by atoms with Gasteiger partial charge in [-0.2, -0.15) is 5.26 Å². The van der Waals surface area contributed by atoms with Crippen LogP contribution in [0.5, 0.6) is 0 Å². The zero-order valence-corrected chi connectivity index (χ0v) is 9.12. The largest absolute Gasteiger partial charge is 0.392 e. The molecule has 0 aliphatic heterocycles. The Balaban J connectivity index is 2.59. The summed E-state index contributed by atoms with van der Waals surface area (Å²) in [6.07, 6.45) is -0.330. The molecule has 0 saturated heterocycles. The zero-order valence-electron chi connectivity index (χ0n) is 9.12. The molecule has 1 aromatic carbocycles. The van der Waals surface area contributed by atoms with E-state index in [2.05, 4.69) is 11.4 Å². The molecule has 80 valence electrons. The van der Waals surface area contributed by atoms with E-state index < -0.39 is 0 Å². The molecule has 2 N–H and O–H groups in total. The average Bonchev–Trinajstić information content (AvgIpc) is 2.20. The standard InChI is InChI=1S/C12H16N2O/c1-9-5-11(6-13)3-4-12(9)8-14-7-10(2)15/h3-5,10,14-15H,7-8H2,1-2H3. The second-order valence-electron chi connectivity index (χ2n) is 3.73. The van der Waals surface area contributed by atoms with Gasteiger partial charge in [-0.05, 0) is 37.1 Å². The van der Waals surface area contributed by atoms with Gasteiger partial charge < -0.3 is 10.4 Å². The van der Waals surface area contributed by atoms with Crippen LogP contribution in [0.2, 0.25) is 0 Å². The molecular formula is C12H16N2O. The van der Waals surface area contributed by atoms with Crippen molar-refractivity contribution in [3.8, 4) is 6.07 Å². The number of hydrogen-bond acceptors (Lipinski definition) is 3. The van der Waals surface area contributed by atoms with Gasteiger partial charge >= 0.3 is 0 Å². The van der Waals surface area contributed by atoms with Gasteiger partial charge in [0, 0.05) is 13.1 Å². The SMILES string of the molecule is Cc1cc(C#N)ccc1CNCC(C)O. The fourth-order valence-corrected chi connectivity index (χ4v) is 1.38. The van der Waals surface area contributed by atoms with E-state index in [0.717, 1.165) is 17.7 Å². The van der Waals surface area contributed by atoms with Crippen LogP contribution in [0.1, 0.15) is 23.6 Å². The van der Waals surface area contributed by atoms with Crippen molar-refractivity contribution in [2.24, 2.45) is 0 Å². The maximum absolute atomic E-state index is 9.08. The van der Waals surface area contributed by atoms with Gasteiger partial charge in [0.15, 0.2) is 0 Å². The molecule has 3 nitrogen and oxygen atoms in total. The first-order chi connectivity index (χ1) is 7.13. The van der Waals surface area contributed by atoms with Gasteiger partial charge in [-0.3, -0.25) is 0 Å². The summed E-state index contributed by atoms with van der Waals surface area (Å²) in [6, 6.07) is 7.74. The Kier molecular flexibility index (Phi) is 4.29. The number of aliphatic hydroxyl groups excluding tert-OH is 1. The Labute approximate surface area is 90.4 Å². The average molecular weight is 204 g/mol. The molecule has 0 fully saturated rings. The smallest absolute Gasteiger partial charge is 0.0991 e. The summed E-state index contributed by atoms with van der Waals surface area (Å²) in [5.41, 5.74) is 2.95. The van der Waals surface area contributed by atoms with Crippen LogP contribution in [0.4, 0.5) is 0 Å². The summed E-state index contributed by atoms with van der Waals surface area (Å²) >= 11 is 0. The lowest BCUT2D eigenvalue weighted by Gasteiger charge is -2.09. The highest BCUT2D eigenvalue weighted by Gasteiger charge is 2.00. The third kappa shape index (κ3) is 3.70. The van der Waals surface area contributed by atoms with Gasteiger partial charge in [0.25, 0.3) is 0 Å². The first-order valence-electron chi connectivity index (χ1n) is 5.02. The molecule has 0 radical (unpaired) electrons. The number of nitrogens with zero attached hydrogens (tertiary/aromatic N) is 1. The normalized spacial score (nSPS) is 12.1. The summed E-state index contributed by atoms with van der Waals surface area (Å²) in [5, 5.41) is 20.9. The fraction of sp³-hybridized carbons (Fsp3) is 0.417. The van der Waals surface area contributed by atoms with Crippen molar-refractivity contribution in [3.63, 3.8) is 0 Å². The number of aryl methyl sites for hydroxylation is 1. The maximum atomic E-state index is 9.08. The summed E-state index contributed by atoms with van der Waals surface area (Å²) in [6.45, 7) is 5.04. The van der Waals surface area contributed by atoms with Gasteiger partial charge in [0.05, 0.1) is 17.7 Å². The number of aliphatic hydroxyl groups is 1. The van der Waals surface area contributed by atoms with E-state index in [9.17, 15) is 0 Å². The third-order valence-electron chi connectivity index (χ3n) is 2.23. The molecule has 0 aliphatic rings. The molecule has 0 saturated carbocycles. The maximum Gasteiger partial charge on any atom is 0.0991 e. The first-order valence-corrected chi connectivity index (χ1v) is 5.02. The van der Waals surface area contributed by atoms with E-state index in [0.29, 0.717) is 12.1 Å². The van der Waals surface area contributed by atoms with E-state index in [-0.39, 0.29) is 6.10 Å². The Morgan fingerprint density at radius 3 is 2.80 bits per heavy atom. The number of hydrogen-bond donors (Lipinski definition) is 2. The van der Waals surface area contributed by atoms with E-state index in [1.165, 1.54) is 0 Å². The monoisotopic (exact) mass is 204 g/mol. The highest BCUT2D eigenvalue weighted by atomic mass is 16.3. The van der Waals surface area contributed by atoms with Gasteiger partial charge in [0.1, 0.15) is 0 Å². The van der Waals surface area contributed by atoms with E-state index >= 15 is 0 Å². The van der Waals surface area contributed by atoms with Crippen LogP contribution in [0.3, 0.4) is 0 Å². The molecule has 1 rings (SSSR count). The lowest BCUT2D eigenvalue weighted by Crippen LogP contribution is -2.24. The van der Waals surface area contributed by atoms with Crippen molar-refractivity contribution < 1.29 is 5.11 Å². The van der Waals surface area contributed by atoms with Crippen LogP contribution in [0.15, 0.2) is 18.2 Å². The van der Waals surface area contributed by atoms with Crippen LogP contribution in [-0.2, 0) is 6.54 Å². The first kappa shape index (κ1) is 11.7. The highest BCUT2D eigenvalue weighted by Crippen LogP contribution is 2.10. The van der Waals surface area contributed by atoms with Crippen molar-refractivity contribution in [1.29, 1.82) is 5.26 Å². The van der Waals surface area contributed by atoms with Crippen LogP contribution < -0.4 is 5.32 Å². The summed E-state index contributed by atoms with van der Waals surface area (Å²) in [4.78, 5) is 0. The molecule has 1 unspecified atom stereocenters. The highest BCUT2D eigenvalue weighted by molar-refractivity contribution is 5.37. The molecular weight excluding hydrogens is 188 g/mol. The minimum atomic E-state index is -0.330. The molecule has 3 heteroatoms. The van der Waals surface area contributed by atoms with Gasteiger partial charge in [-0.15, -0.1) is 0 Å². The van der Waals surface area contributed by atoms with Crippen LogP contribution in [-0.4, -0.2) is 17.8 Å². The Hall–Kier alpha value is -1.37. The van der Waals surface area contributed by atoms with Gasteiger partial charge in [-0.1, -0.05) is 6.07 Å². The lowest BCUT2D eigenvalue weighted by molar-refractivity contribution is 0.191. The van der Waals surface area contributed by atoms with Crippen molar-refractivity contribution in [2.45, 2.75) is 26.5 Å². The van der Waals surface area contributed by atoms with Gasteiger partial charge in [-0.25, -0.2) is 0 Å². The van der Waals surface area contributed by atoms with Crippen molar-refractivity contribution in [1.82, 2.24) is 5.32 Å². The topological polar surface area (TPSA) is 56.0 Å². The lowest BCUT2D eigenvalue weighted by atomic mass is 10.1. The van der Waals surface area contributed by atoms with Gasteiger partial charge in [0.2, 0.25) is 0 Å². The number of benzene rings is 1. The van der Waals surface area contributed by atoms with Crippen molar-refractivity contribution in [2.75, 3.05) is 6.54 Å². The summed E-state index contributed by atoms with van der Waals surface area (Å²) in [7, 11) is 0. The van der Waals surface area contributed by atoms with Crippen molar-refractivity contribution in [3.05, 3.63) is 34.9 Å².